The Labute approximate surface area is 198 Å². The largest absolute Gasteiger partial charge is 0.496 e. The topological polar surface area (TPSA) is 73.1 Å². The molecule has 174 valence electrons. The standard InChI is InChI=1S/C25H28ClN3O4/c1-3-33-25(31)17-10-12-28(13-11-17)24(30)14-20(19-6-4-5-7-22(19)32-2)21-15-27-23-9-8-18(26)16-29(21)23/h4-9,15-17,20H,3,10-14H2,1-2H3. The van der Waals surface area contributed by atoms with Crippen molar-refractivity contribution < 1.29 is 19.1 Å². The van der Waals surface area contributed by atoms with Crippen molar-refractivity contribution in [2.24, 2.45) is 5.92 Å². The Morgan fingerprint density at radius 1 is 1.18 bits per heavy atom. The minimum Gasteiger partial charge on any atom is -0.496 e. The van der Waals surface area contributed by atoms with Gasteiger partial charge in [0.25, 0.3) is 0 Å². The third kappa shape index (κ3) is 4.98. The number of benzene rings is 1. The van der Waals surface area contributed by atoms with E-state index in [4.69, 9.17) is 21.1 Å². The second kappa shape index (κ2) is 10.3. The van der Waals surface area contributed by atoms with Crippen LogP contribution in [0.1, 0.15) is 43.4 Å². The van der Waals surface area contributed by atoms with Gasteiger partial charge in [-0.3, -0.25) is 9.59 Å². The highest BCUT2D eigenvalue weighted by molar-refractivity contribution is 6.30. The van der Waals surface area contributed by atoms with Gasteiger partial charge in [-0.1, -0.05) is 29.8 Å². The smallest absolute Gasteiger partial charge is 0.309 e. The first-order valence-corrected chi connectivity index (χ1v) is 11.6. The van der Waals surface area contributed by atoms with E-state index in [0.717, 1.165) is 16.9 Å². The average Bonchev–Trinajstić information content (AvgIpc) is 3.25. The number of ether oxygens (including phenoxy) is 2. The third-order valence-electron chi connectivity index (χ3n) is 6.22. The summed E-state index contributed by atoms with van der Waals surface area (Å²) >= 11 is 6.26. The zero-order valence-corrected chi connectivity index (χ0v) is 19.6. The Morgan fingerprint density at radius 2 is 1.94 bits per heavy atom. The number of hydrogen-bond acceptors (Lipinski definition) is 5. The molecule has 0 radical (unpaired) electrons. The van der Waals surface area contributed by atoms with E-state index in [0.29, 0.717) is 43.3 Å². The second-order valence-electron chi connectivity index (χ2n) is 8.16. The number of aromatic nitrogens is 2. The van der Waals surface area contributed by atoms with Gasteiger partial charge in [0, 0.05) is 43.4 Å². The molecule has 33 heavy (non-hydrogen) atoms. The molecule has 0 bridgehead atoms. The fourth-order valence-corrected chi connectivity index (χ4v) is 4.65. The number of fused-ring (bicyclic) bond motifs is 1. The Morgan fingerprint density at radius 3 is 2.67 bits per heavy atom. The van der Waals surface area contributed by atoms with Gasteiger partial charge < -0.3 is 18.8 Å². The number of hydrogen-bond donors (Lipinski definition) is 0. The van der Waals surface area contributed by atoms with Crippen LogP contribution in [0.4, 0.5) is 0 Å². The summed E-state index contributed by atoms with van der Waals surface area (Å²) in [4.78, 5) is 31.8. The van der Waals surface area contributed by atoms with Crippen LogP contribution >= 0.6 is 11.6 Å². The Hall–Kier alpha value is -3.06. The highest BCUT2D eigenvalue weighted by Gasteiger charge is 2.31. The number of likely N-dealkylation sites (tertiary alicyclic amines) is 1. The lowest BCUT2D eigenvalue weighted by molar-refractivity contribution is -0.151. The highest BCUT2D eigenvalue weighted by atomic mass is 35.5. The minimum atomic E-state index is -0.273. The van der Waals surface area contributed by atoms with Crippen LogP contribution in [-0.2, 0) is 14.3 Å². The first-order chi connectivity index (χ1) is 16.0. The molecule has 3 aromatic rings. The number of nitrogens with zero attached hydrogens (tertiary/aromatic N) is 3. The zero-order chi connectivity index (χ0) is 23.4. The highest BCUT2D eigenvalue weighted by Crippen LogP contribution is 2.36. The Balaban J connectivity index is 1.60. The molecule has 3 heterocycles. The van der Waals surface area contributed by atoms with Gasteiger partial charge in [0.1, 0.15) is 11.4 Å². The van der Waals surface area contributed by atoms with Crippen molar-refractivity contribution in [3.8, 4) is 5.75 Å². The maximum atomic E-state index is 13.4. The van der Waals surface area contributed by atoms with E-state index in [1.807, 2.05) is 52.8 Å². The summed E-state index contributed by atoms with van der Waals surface area (Å²) in [5, 5.41) is 0.591. The number of piperidine rings is 1. The number of pyridine rings is 1. The molecule has 0 spiro atoms. The van der Waals surface area contributed by atoms with Gasteiger partial charge >= 0.3 is 5.97 Å². The van der Waals surface area contributed by atoms with E-state index in [1.165, 1.54) is 0 Å². The quantitative estimate of drug-likeness (QED) is 0.482. The van der Waals surface area contributed by atoms with E-state index in [9.17, 15) is 9.59 Å². The molecular formula is C25H28ClN3O4. The van der Waals surface area contributed by atoms with Crippen molar-refractivity contribution in [1.29, 1.82) is 0 Å². The fraction of sp³-hybridized carbons (Fsp3) is 0.400. The second-order valence-corrected chi connectivity index (χ2v) is 8.60. The zero-order valence-electron chi connectivity index (χ0n) is 18.9. The van der Waals surface area contributed by atoms with Gasteiger partial charge in [0.15, 0.2) is 0 Å². The van der Waals surface area contributed by atoms with Gasteiger partial charge in [0.2, 0.25) is 5.91 Å². The number of imidazole rings is 1. The molecule has 1 aliphatic heterocycles. The van der Waals surface area contributed by atoms with Gasteiger partial charge in [0.05, 0.1) is 30.4 Å². The lowest BCUT2D eigenvalue weighted by Crippen LogP contribution is -2.41. The maximum Gasteiger partial charge on any atom is 0.309 e. The van der Waals surface area contributed by atoms with Gasteiger partial charge in [-0.05, 0) is 38.0 Å². The molecule has 0 saturated carbocycles. The van der Waals surface area contributed by atoms with Crippen LogP contribution in [0.15, 0.2) is 48.8 Å². The molecule has 0 N–H and O–H groups in total. The number of rotatable bonds is 7. The molecule has 7 nitrogen and oxygen atoms in total. The van der Waals surface area contributed by atoms with E-state index in [1.54, 1.807) is 19.4 Å². The molecule has 1 unspecified atom stereocenters. The third-order valence-corrected chi connectivity index (χ3v) is 6.44. The van der Waals surface area contributed by atoms with Gasteiger partial charge in [-0.25, -0.2) is 4.98 Å². The van der Waals surface area contributed by atoms with Crippen LogP contribution in [0.3, 0.4) is 0 Å². The molecule has 1 aromatic carbocycles. The lowest BCUT2D eigenvalue weighted by atomic mass is 9.90. The molecular weight excluding hydrogens is 442 g/mol. The van der Waals surface area contributed by atoms with Crippen molar-refractivity contribution in [3.05, 3.63) is 65.1 Å². The Bertz CT molecular complexity index is 1140. The molecule has 1 amide bonds. The lowest BCUT2D eigenvalue weighted by Gasteiger charge is -2.32. The summed E-state index contributed by atoms with van der Waals surface area (Å²) in [6.45, 7) is 3.27. The number of carbonyl (C=O) groups is 2. The van der Waals surface area contributed by atoms with Crippen molar-refractivity contribution in [1.82, 2.24) is 14.3 Å². The number of para-hydroxylation sites is 1. The summed E-state index contributed by atoms with van der Waals surface area (Å²) in [5.41, 5.74) is 2.54. The normalized spacial score (nSPS) is 15.4. The summed E-state index contributed by atoms with van der Waals surface area (Å²) in [5.74, 6) is 0.169. The number of esters is 1. The van der Waals surface area contributed by atoms with Crippen LogP contribution < -0.4 is 4.74 Å². The molecule has 2 aromatic heterocycles. The van der Waals surface area contributed by atoms with Crippen LogP contribution in [0.5, 0.6) is 5.75 Å². The average molecular weight is 470 g/mol. The number of halogens is 1. The molecule has 1 fully saturated rings. The van der Waals surface area contributed by atoms with Gasteiger partial charge in [-0.15, -0.1) is 0 Å². The molecule has 1 atom stereocenters. The molecule has 1 saturated heterocycles. The van der Waals surface area contributed by atoms with Crippen LogP contribution in [-0.4, -0.2) is 53.0 Å². The molecule has 0 aliphatic carbocycles. The van der Waals surface area contributed by atoms with Crippen molar-refractivity contribution in [2.75, 3.05) is 26.8 Å². The SMILES string of the molecule is CCOC(=O)C1CCN(C(=O)CC(c2ccccc2OC)c2cnc3ccc(Cl)cn23)CC1. The minimum absolute atomic E-state index is 0.0326. The fourth-order valence-electron chi connectivity index (χ4n) is 4.49. The first-order valence-electron chi connectivity index (χ1n) is 11.2. The predicted molar refractivity (Wildman–Crippen MR) is 126 cm³/mol. The number of amides is 1. The van der Waals surface area contributed by atoms with Crippen molar-refractivity contribution in [2.45, 2.75) is 32.1 Å². The summed E-state index contributed by atoms with van der Waals surface area (Å²) < 4.78 is 12.7. The Kier molecular flexibility index (Phi) is 7.18. The molecule has 4 rings (SSSR count). The summed E-state index contributed by atoms with van der Waals surface area (Å²) in [6, 6.07) is 11.4. The molecule has 8 heteroatoms. The first kappa shape index (κ1) is 23.1. The number of methoxy groups -OCH3 is 1. The van der Waals surface area contributed by atoms with E-state index in [2.05, 4.69) is 4.98 Å². The maximum absolute atomic E-state index is 13.4. The van der Waals surface area contributed by atoms with Gasteiger partial charge in [-0.2, -0.15) is 0 Å². The van der Waals surface area contributed by atoms with Crippen molar-refractivity contribution >= 4 is 29.1 Å². The number of carbonyl (C=O) groups excluding carboxylic acids is 2. The van der Waals surface area contributed by atoms with Crippen molar-refractivity contribution in [3.63, 3.8) is 0 Å². The van der Waals surface area contributed by atoms with E-state index >= 15 is 0 Å². The van der Waals surface area contributed by atoms with Crippen LogP contribution in [0, 0.1) is 5.92 Å². The summed E-state index contributed by atoms with van der Waals surface area (Å²) in [7, 11) is 1.63. The van der Waals surface area contributed by atoms with Crippen LogP contribution in [0.25, 0.3) is 5.65 Å². The predicted octanol–water partition coefficient (Wildman–Crippen LogP) is 4.32. The monoisotopic (exact) mass is 469 g/mol. The van der Waals surface area contributed by atoms with E-state index in [-0.39, 0.29) is 30.1 Å². The molecule has 1 aliphatic rings. The van der Waals surface area contributed by atoms with Crippen LogP contribution in [0.2, 0.25) is 5.02 Å². The van der Waals surface area contributed by atoms with E-state index < -0.39 is 0 Å². The summed E-state index contributed by atoms with van der Waals surface area (Å²) in [6.07, 6.45) is 5.11.